The first-order valence-corrected chi connectivity index (χ1v) is 6.97. The summed E-state index contributed by atoms with van der Waals surface area (Å²) in [5, 5.41) is 2.52. The molecule has 0 saturated heterocycles. The minimum absolute atomic E-state index is 0.00224. The Kier molecular flexibility index (Phi) is 5.88. The lowest BCUT2D eigenvalue weighted by molar-refractivity contribution is -0.121. The normalized spacial score (nSPS) is 10.7. The SMILES string of the molecule is C=C(C(=O)Cc1ccc(Cl)cc1)C(=O)NC(=O)OC(C)(C)C. The van der Waals surface area contributed by atoms with Gasteiger partial charge in [0.2, 0.25) is 0 Å². The lowest BCUT2D eigenvalue weighted by atomic mass is 10.0. The number of carbonyl (C=O) groups is 3. The first-order valence-electron chi connectivity index (χ1n) is 6.59. The Morgan fingerprint density at radius 1 is 1.18 bits per heavy atom. The van der Waals surface area contributed by atoms with Gasteiger partial charge in [-0.05, 0) is 38.5 Å². The van der Waals surface area contributed by atoms with Gasteiger partial charge in [-0.15, -0.1) is 0 Å². The number of Topliss-reactive ketones (excluding diaryl/α,β-unsaturated/α-hetero) is 1. The van der Waals surface area contributed by atoms with E-state index in [2.05, 4.69) is 6.58 Å². The molecule has 0 radical (unpaired) electrons. The van der Waals surface area contributed by atoms with E-state index in [1.807, 2.05) is 5.32 Å². The van der Waals surface area contributed by atoms with Gasteiger partial charge in [0.1, 0.15) is 5.60 Å². The van der Waals surface area contributed by atoms with Crippen molar-refractivity contribution in [2.45, 2.75) is 32.8 Å². The Hall–Kier alpha value is -2.14. The molecule has 1 aromatic rings. The molecule has 0 bridgehead atoms. The quantitative estimate of drug-likeness (QED) is 0.525. The fourth-order valence-corrected chi connectivity index (χ4v) is 1.62. The molecule has 6 heteroatoms. The first kappa shape index (κ1) is 17.9. The number of carbonyl (C=O) groups excluding carboxylic acids is 3. The zero-order valence-electron chi connectivity index (χ0n) is 12.7. The van der Waals surface area contributed by atoms with Crippen molar-refractivity contribution in [3.05, 3.63) is 47.0 Å². The number of ketones is 1. The van der Waals surface area contributed by atoms with Crippen molar-refractivity contribution in [3.63, 3.8) is 0 Å². The number of halogens is 1. The van der Waals surface area contributed by atoms with Crippen LogP contribution in [0.4, 0.5) is 4.79 Å². The molecule has 0 unspecified atom stereocenters. The molecule has 0 aliphatic heterocycles. The molecule has 22 heavy (non-hydrogen) atoms. The summed E-state index contributed by atoms with van der Waals surface area (Å²) in [6.45, 7) is 8.42. The van der Waals surface area contributed by atoms with Crippen LogP contribution in [0, 0.1) is 0 Å². The molecule has 0 atom stereocenters. The maximum atomic E-state index is 12.0. The summed E-state index contributed by atoms with van der Waals surface area (Å²) in [6.07, 6.45) is -0.921. The highest BCUT2D eigenvalue weighted by Gasteiger charge is 2.22. The number of rotatable bonds is 4. The molecule has 5 nitrogen and oxygen atoms in total. The predicted octanol–water partition coefficient (Wildman–Crippen LogP) is 3.06. The van der Waals surface area contributed by atoms with Crippen LogP contribution in [0.5, 0.6) is 0 Å². The molecule has 0 fully saturated rings. The first-order chi connectivity index (χ1) is 10.1. The van der Waals surface area contributed by atoms with Crippen LogP contribution in [-0.2, 0) is 20.7 Å². The highest BCUT2D eigenvalue weighted by atomic mass is 35.5. The van der Waals surface area contributed by atoms with E-state index in [1.54, 1.807) is 45.0 Å². The van der Waals surface area contributed by atoms with E-state index in [0.717, 1.165) is 0 Å². The van der Waals surface area contributed by atoms with Crippen molar-refractivity contribution in [3.8, 4) is 0 Å². The van der Waals surface area contributed by atoms with Gasteiger partial charge in [0.05, 0.1) is 5.57 Å². The van der Waals surface area contributed by atoms with E-state index in [-0.39, 0.29) is 12.0 Å². The van der Waals surface area contributed by atoms with Crippen molar-refractivity contribution in [1.29, 1.82) is 0 Å². The Balaban J connectivity index is 2.59. The van der Waals surface area contributed by atoms with Crippen LogP contribution in [0.3, 0.4) is 0 Å². The van der Waals surface area contributed by atoms with Crippen LogP contribution < -0.4 is 5.32 Å². The number of hydrogen-bond acceptors (Lipinski definition) is 4. The summed E-state index contributed by atoms with van der Waals surface area (Å²) in [7, 11) is 0. The molecule has 0 aliphatic carbocycles. The summed E-state index contributed by atoms with van der Waals surface area (Å²) in [6, 6.07) is 6.65. The van der Waals surface area contributed by atoms with Gasteiger partial charge in [-0.1, -0.05) is 30.3 Å². The summed E-state index contributed by atoms with van der Waals surface area (Å²) in [4.78, 5) is 35.2. The molecule has 1 rings (SSSR count). The van der Waals surface area contributed by atoms with Gasteiger partial charge in [-0.3, -0.25) is 14.9 Å². The van der Waals surface area contributed by atoms with Crippen LogP contribution in [0.25, 0.3) is 0 Å². The molecular weight excluding hydrogens is 306 g/mol. The molecule has 1 N–H and O–H groups in total. The maximum absolute atomic E-state index is 12.0. The van der Waals surface area contributed by atoms with Crippen molar-refractivity contribution in [2.75, 3.05) is 0 Å². The summed E-state index contributed by atoms with van der Waals surface area (Å²) >= 11 is 5.75. The van der Waals surface area contributed by atoms with Gasteiger partial charge in [0.15, 0.2) is 5.78 Å². The van der Waals surface area contributed by atoms with Gasteiger partial charge in [-0.25, -0.2) is 4.79 Å². The lowest BCUT2D eigenvalue weighted by Crippen LogP contribution is -2.38. The van der Waals surface area contributed by atoms with Crippen LogP contribution in [0.1, 0.15) is 26.3 Å². The lowest BCUT2D eigenvalue weighted by Gasteiger charge is -2.19. The van der Waals surface area contributed by atoms with Crippen LogP contribution in [0.15, 0.2) is 36.4 Å². The van der Waals surface area contributed by atoms with E-state index in [4.69, 9.17) is 16.3 Å². The average molecular weight is 324 g/mol. The topological polar surface area (TPSA) is 72.5 Å². The number of imide groups is 1. The van der Waals surface area contributed by atoms with E-state index >= 15 is 0 Å². The Morgan fingerprint density at radius 3 is 2.23 bits per heavy atom. The largest absolute Gasteiger partial charge is 0.444 e. The number of hydrogen-bond donors (Lipinski definition) is 1. The monoisotopic (exact) mass is 323 g/mol. The third-order valence-corrected chi connectivity index (χ3v) is 2.76. The van der Waals surface area contributed by atoms with Crippen LogP contribution in [0.2, 0.25) is 5.02 Å². The van der Waals surface area contributed by atoms with Crippen molar-refractivity contribution in [1.82, 2.24) is 5.32 Å². The molecule has 0 aromatic heterocycles. The highest BCUT2D eigenvalue weighted by Crippen LogP contribution is 2.12. The standard InChI is InChI=1S/C16H18ClNO4/c1-10(14(20)18-15(21)22-16(2,3)4)13(19)9-11-5-7-12(17)8-6-11/h5-8H,1,9H2,2-4H3,(H,18,20,21). The second kappa shape index (κ2) is 7.22. The summed E-state index contributed by atoms with van der Waals surface area (Å²) in [5.41, 5.74) is -0.347. The minimum Gasteiger partial charge on any atom is -0.444 e. The van der Waals surface area contributed by atoms with Gasteiger partial charge in [0.25, 0.3) is 5.91 Å². The minimum atomic E-state index is -0.919. The molecule has 0 spiro atoms. The second-order valence-corrected chi connectivity index (χ2v) is 6.10. The maximum Gasteiger partial charge on any atom is 0.414 e. The zero-order chi connectivity index (χ0) is 16.9. The Bertz CT molecular complexity index is 600. The van der Waals surface area contributed by atoms with Gasteiger partial charge in [-0.2, -0.15) is 0 Å². The Morgan fingerprint density at radius 2 is 1.73 bits per heavy atom. The van der Waals surface area contributed by atoms with Gasteiger partial charge >= 0.3 is 6.09 Å². The van der Waals surface area contributed by atoms with Crippen LogP contribution >= 0.6 is 11.6 Å². The van der Waals surface area contributed by atoms with Gasteiger partial charge in [0, 0.05) is 11.4 Å². The fraction of sp³-hybridized carbons (Fsp3) is 0.312. The second-order valence-electron chi connectivity index (χ2n) is 5.66. The molecule has 118 valence electrons. The fourth-order valence-electron chi connectivity index (χ4n) is 1.49. The van der Waals surface area contributed by atoms with E-state index < -0.39 is 23.4 Å². The van der Waals surface area contributed by atoms with Gasteiger partial charge < -0.3 is 4.74 Å². The number of alkyl carbamates (subject to hydrolysis) is 1. The van der Waals surface area contributed by atoms with Crippen molar-refractivity contribution >= 4 is 29.4 Å². The third-order valence-electron chi connectivity index (χ3n) is 2.50. The van der Waals surface area contributed by atoms with E-state index in [9.17, 15) is 14.4 Å². The molecule has 0 aliphatic rings. The molecule has 2 amide bonds. The third kappa shape index (κ3) is 6.10. The smallest absolute Gasteiger partial charge is 0.414 e. The average Bonchev–Trinajstić information content (AvgIpc) is 2.38. The highest BCUT2D eigenvalue weighted by molar-refractivity contribution is 6.30. The summed E-state index contributed by atoms with van der Waals surface area (Å²) < 4.78 is 4.93. The molecule has 1 aromatic carbocycles. The number of nitrogens with one attached hydrogen (secondary N) is 1. The Labute approximate surface area is 134 Å². The summed E-state index contributed by atoms with van der Waals surface area (Å²) in [5.74, 6) is -1.35. The molecule has 0 saturated carbocycles. The number of benzene rings is 1. The molecular formula is C16H18ClNO4. The van der Waals surface area contributed by atoms with E-state index in [1.165, 1.54) is 0 Å². The van der Waals surface area contributed by atoms with E-state index in [0.29, 0.717) is 10.6 Å². The van der Waals surface area contributed by atoms with Crippen LogP contribution in [-0.4, -0.2) is 23.4 Å². The number of amides is 2. The predicted molar refractivity (Wildman–Crippen MR) is 83.7 cm³/mol. The zero-order valence-corrected chi connectivity index (χ0v) is 13.5. The van der Waals surface area contributed by atoms with Crippen molar-refractivity contribution in [2.24, 2.45) is 0 Å². The van der Waals surface area contributed by atoms with Crippen molar-refractivity contribution < 1.29 is 19.1 Å². The number of ether oxygens (including phenoxy) is 1. The molecule has 0 heterocycles.